The Balaban J connectivity index is 1.52. The summed E-state index contributed by atoms with van der Waals surface area (Å²) >= 11 is 1.60. The van der Waals surface area contributed by atoms with Gasteiger partial charge >= 0.3 is 0 Å². The zero-order valence-electron chi connectivity index (χ0n) is 15.0. The number of nitrogens with two attached hydrogens (primary N) is 1. The van der Waals surface area contributed by atoms with Gasteiger partial charge in [-0.1, -0.05) is 11.8 Å². The Hall–Kier alpha value is -2.03. The summed E-state index contributed by atoms with van der Waals surface area (Å²) in [6.07, 6.45) is 4.89. The number of hydrogen-bond donors (Lipinski definition) is 1. The molecule has 3 heterocycles. The fraction of sp³-hybridized carbons (Fsp3) is 0.625. The van der Waals surface area contributed by atoms with Crippen LogP contribution in [0.2, 0.25) is 0 Å². The second-order valence-electron chi connectivity index (χ2n) is 6.56. The van der Waals surface area contributed by atoms with Gasteiger partial charge in [0, 0.05) is 32.6 Å². The first-order valence-electron chi connectivity index (χ1n) is 8.48. The molecule has 0 spiro atoms. The molecule has 1 amide bonds. The Bertz CT molecular complexity index is 746. The maximum atomic E-state index is 12.5. The average molecular weight is 363 g/mol. The van der Waals surface area contributed by atoms with Gasteiger partial charge in [0.15, 0.2) is 5.16 Å². The van der Waals surface area contributed by atoms with E-state index in [1.165, 1.54) is 0 Å². The van der Waals surface area contributed by atoms with Crippen LogP contribution in [0.15, 0.2) is 11.2 Å². The summed E-state index contributed by atoms with van der Waals surface area (Å²) in [5.74, 6) is 2.18. The fourth-order valence-corrected chi connectivity index (χ4v) is 3.77. The van der Waals surface area contributed by atoms with Gasteiger partial charge in [0.2, 0.25) is 5.91 Å². The van der Waals surface area contributed by atoms with Crippen molar-refractivity contribution in [3.05, 3.63) is 17.6 Å². The molecule has 25 heavy (non-hydrogen) atoms. The number of nitrogen functional groups attached to an aromatic ring is 1. The topological polar surface area (TPSA) is 94.9 Å². The molecule has 1 aliphatic heterocycles. The molecule has 9 heteroatoms. The number of hydrogen-bond acceptors (Lipinski definition) is 6. The van der Waals surface area contributed by atoms with E-state index in [4.69, 9.17) is 5.73 Å². The smallest absolute Gasteiger partial charge is 0.244 e. The van der Waals surface area contributed by atoms with Gasteiger partial charge in [-0.15, -0.1) is 10.2 Å². The predicted octanol–water partition coefficient (Wildman–Crippen LogP) is 1.11. The highest BCUT2D eigenvalue weighted by Crippen LogP contribution is 2.22. The second kappa shape index (κ2) is 7.47. The minimum Gasteiger partial charge on any atom is -0.384 e. The zero-order valence-corrected chi connectivity index (χ0v) is 15.8. The van der Waals surface area contributed by atoms with E-state index < -0.39 is 0 Å². The van der Waals surface area contributed by atoms with Gasteiger partial charge in [0.05, 0.1) is 5.69 Å². The van der Waals surface area contributed by atoms with Gasteiger partial charge in [-0.25, -0.2) is 4.68 Å². The van der Waals surface area contributed by atoms with E-state index in [9.17, 15) is 4.79 Å². The number of rotatable bonds is 5. The van der Waals surface area contributed by atoms with Crippen molar-refractivity contribution in [1.82, 2.24) is 29.4 Å². The molecule has 2 aromatic heterocycles. The summed E-state index contributed by atoms with van der Waals surface area (Å²) in [6, 6.07) is 1.78. The summed E-state index contributed by atoms with van der Waals surface area (Å²) < 4.78 is 3.64. The molecule has 0 atom stereocenters. The fourth-order valence-electron chi connectivity index (χ4n) is 3.27. The summed E-state index contributed by atoms with van der Waals surface area (Å²) in [5.41, 5.74) is 6.70. The van der Waals surface area contributed by atoms with Crippen LogP contribution in [0.25, 0.3) is 0 Å². The van der Waals surface area contributed by atoms with E-state index in [0.29, 0.717) is 11.7 Å². The predicted molar refractivity (Wildman–Crippen MR) is 97.2 cm³/mol. The quantitative estimate of drug-likeness (QED) is 0.800. The second-order valence-corrected chi connectivity index (χ2v) is 7.33. The normalized spacial score (nSPS) is 15.7. The summed E-state index contributed by atoms with van der Waals surface area (Å²) in [6.45, 7) is 3.64. The number of aryl methyl sites for hydroxylation is 1. The van der Waals surface area contributed by atoms with E-state index in [1.807, 2.05) is 25.1 Å². The molecular weight excluding hydrogens is 338 g/mol. The maximum Gasteiger partial charge on any atom is 0.244 e. The van der Waals surface area contributed by atoms with Crippen LogP contribution in [0.5, 0.6) is 0 Å². The Labute approximate surface area is 151 Å². The maximum absolute atomic E-state index is 12.5. The lowest BCUT2D eigenvalue weighted by Crippen LogP contribution is -2.41. The molecule has 0 saturated carbocycles. The van der Waals surface area contributed by atoms with Crippen LogP contribution in [-0.4, -0.2) is 54.7 Å². The number of thioether (sulfide) groups is 1. The van der Waals surface area contributed by atoms with Gasteiger partial charge in [-0.05, 0) is 31.9 Å². The molecule has 2 aromatic rings. The molecule has 1 aliphatic rings. The van der Waals surface area contributed by atoms with Gasteiger partial charge in [0.25, 0.3) is 0 Å². The summed E-state index contributed by atoms with van der Waals surface area (Å²) in [5, 5.41) is 13.7. The van der Waals surface area contributed by atoms with Crippen molar-refractivity contribution in [2.45, 2.75) is 37.9 Å². The lowest BCUT2D eigenvalue weighted by atomic mass is 9.93. The van der Waals surface area contributed by atoms with E-state index in [0.717, 1.165) is 49.0 Å². The minimum absolute atomic E-state index is 0.0802. The summed E-state index contributed by atoms with van der Waals surface area (Å²) in [7, 11) is 2.01. The van der Waals surface area contributed by atoms with Crippen molar-refractivity contribution in [3.8, 4) is 0 Å². The molecule has 1 saturated heterocycles. The molecule has 8 nitrogen and oxygen atoms in total. The Kier molecular flexibility index (Phi) is 5.31. The third kappa shape index (κ3) is 3.97. The lowest BCUT2D eigenvalue weighted by Gasteiger charge is -2.32. The van der Waals surface area contributed by atoms with Gasteiger partial charge in [-0.3, -0.25) is 4.79 Å². The van der Waals surface area contributed by atoms with Crippen LogP contribution in [0, 0.1) is 12.8 Å². The van der Waals surface area contributed by atoms with Crippen molar-refractivity contribution < 1.29 is 4.79 Å². The third-order valence-electron chi connectivity index (χ3n) is 4.76. The molecule has 136 valence electrons. The summed E-state index contributed by atoms with van der Waals surface area (Å²) in [4.78, 5) is 14.4. The monoisotopic (exact) mass is 363 g/mol. The SMILES string of the molecule is CSc1nnc(CC2CCN(C(=O)Cn3nc(C)cc3N)CC2)n1C. The van der Waals surface area contributed by atoms with E-state index in [-0.39, 0.29) is 12.5 Å². The Morgan fingerprint density at radius 2 is 2.08 bits per heavy atom. The van der Waals surface area contributed by atoms with Crippen molar-refractivity contribution in [2.75, 3.05) is 25.1 Å². The van der Waals surface area contributed by atoms with Crippen molar-refractivity contribution >= 4 is 23.5 Å². The molecule has 0 aliphatic carbocycles. The zero-order chi connectivity index (χ0) is 18.0. The highest BCUT2D eigenvalue weighted by atomic mass is 32.2. The first-order valence-corrected chi connectivity index (χ1v) is 9.70. The number of piperidine rings is 1. The van der Waals surface area contributed by atoms with Crippen molar-refractivity contribution in [2.24, 2.45) is 13.0 Å². The van der Waals surface area contributed by atoms with E-state index in [1.54, 1.807) is 22.5 Å². The standard InChI is InChI=1S/C16H25N7OS/c1-11-8-13(17)23(20-11)10-15(24)22-6-4-12(5-7-22)9-14-18-19-16(25-3)21(14)2/h8,12H,4-7,9-10,17H2,1-3H3. The largest absolute Gasteiger partial charge is 0.384 e. The molecular formula is C16H25N7OS. The Morgan fingerprint density at radius 1 is 1.36 bits per heavy atom. The number of amides is 1. The number of nitrogens with zero attached hydrogens (tertiary/aromatic N) is 6. The number of anilines is 1. The molecule has 0 aromatic carbocycles. The van der Waals surface area contributed by atoms with Gasteiger partial charge < -0.3 is 15.2 Å². The van der Waals surface area contributed by atoms with Crippen molar-refractivity contribution in [3.63, 3.8) is 0 Å². The third-order valence-corrected chi connectivity index (χ3v) is 5.49. The van der Waals surface area contributed by atoms with Crippen LogP contribution < -0.4 is 5.73 Å². The molecule has 1 fully saturated rings. The highest BCUT2D eigenvalue weighted by Gasteiger charge is 2.25. The Morgan fingerprint density at radius 3 is 2.64 bits per heavy atom. The number of likely N-dealkylation sites (tertiary alicyclic amines) is 1. The van der Waals surface area contributed by atoms with Crippen LogP contribution in [0.4, 0.5) is 5.82 Å². The first kappa shape index (κ1) is 17.8. The van der Waals surface area contributed by atoms with E-state index >= 15 is 0 Å². The number of carbonyl (C=O) groups excluding carboxylic acids is 1. The van der Waals surface area contributed by atoms with E-state index in [2.05, 4.69) is 19.9 Å². The van der Waals surface area contributed by atoms with Crippen LogP contribution in [0.1, 0.15) is 24.4 Å². The van der Waals surface area contributed by atoms with Crippen LogP contribution in [-0.2, 0) is 24.8 Å². The highest BCUT2D eigenvalue weighted by molar-refractivity contribution is 7.98. The molecule has 0 bridgehead atoms. The van der Waals surface area contributed by atoms with Gasteiger partial charge in [0.1, 0.15) is 18.2 Å². The number of aromatic nitrogens is 5. The minimum atomic E-state index is 0.0802. The number of carbonyl (C=O) groups is 1. The average Bonchev–Trinajstić information content (AvgIpc) is 3.10. The van der Waals surface area contributed by atoms with Crippen molar-refractivity contribution in [1.29, 1.82) is 0 Å². The van der Waals surface area contributed by atoms with Crippen LogP contribution in [0.3, 0.4) is 0 Å². The lowest BCUT2D eigenvalue weighted by molar-refractivity contribution is -0.133. The van der Waals surface area contributed by atoms with Gasteiger partial charge in [-0.2, -0.15) is 5.10 Å². The van der Waals surface area contributed by atoms with Crippen LogP contribution >= 0.6 is 11.8 Å². The molecule has 3 rings (SSSR count). The molecule has 0 unspecified atom stereocenters. The molecule has 2 N–H and O–H groups in total. The first-order chi connectivity index (χ1) is 12.0. The molecule has 0 radical (unpaired) electrons.